The highest BCUT2D eigenvalue weighted by atomic mass is 32.1. The van der Waals surface area contributed by atoms with Crippen molar-refractivity contribution in [1.29, 1.82) is 0 Å². The average molecular weight is 221 g/mol. The molecule has 1 N–H and O–H groups in total. The van der Waals surface area contributed by atoms with Crippen LogP contribution in [0.25, 0.3) is 0 Å². The third kappa shape index (κ3) is 2.30. The number of nitrogens with zero attached hydrogens (tertiary/aromatic N) is 2. The molecule has 0 radical (unpaired) electrons. The van der Waals surface area contributed by atoms with Gasteiger partial charge in [0.05, 0.1) is 6.20 Å². The third-order valence-electron chi connectivity index (χ3n) is 2.10. The molecule has 2 aromatic heterocycles. The third-order valence-corrected chi connectivity index (χ3v) is 3.33. The Morgan fingerprint density at radius 2 is 2.27 bits per heavy atom. The lowest BCUT2D eigenvalue weighted by atomic mass is 10.2. The molecule has 0 spiro atoms. The number of hydrogen-bond donors (Lipinski definition) is 1. The van der Waals surface area contributed by atoms with Crippen molar-refractivity contribution in [2.45, 2.75) is 19.8 Å². The largest absolute Gasteiger partial charge is 0.292 e. The fourth-order valence-electron chi connectivity index (χ4n) is 1.29. The molecule has 15 heavy (non-hydrogen) atoms. The van der Waals surface area contributed by atoms with Crippen molar-refractivity contribution in [2.75, 3.05) is 0 Å². The van der Waals surface area contributed by atoms with Gasteiger partial charge in [-0.15, -0.1) is 11.3 Å². The van der Waals surface area contributed by atoms with Crippen LogP contribution in [0.2, 0.25) is 0 Å². The summed E-state index contributed by atoms with van der Waals surface area (Å²) in [5.74, 6) is 0.00764. The number of aromatic nitrogens is 3. The number of ketones is 1. The van der Waals surface area contributed by atoms with Gasteiger partial charge in [0.15, 0.2) is 5.78 Å². The van der Waals surface area contributed by atoms with E-state index in [0.29, 0.717) is 12.1 Å². The summed E-state index contributed by atoms with van der Waals surface area (Å²) < 4.78 is 0. The Morgan fingerprint density at radius 3 is 2.87 bits per heavy atom. The van der Waals surface area contributed by atoms with Gasteiger partial charge in [0.2, 0.25) is 0 Å². The first-order valence-electron chi connectivity index (χ1n) is 4.76. The second-order valence-corrected chi connectivity index (χ2v) is 4.43. The topological polar surface area (TPSA) is 58.6 Å². The molecular weight excluding hydrogens is 210 g/mol. The monoisotopic (exact) mass is 221 g/mol. The molecule has 78 valence electrons. The second-order valence-electron chi connectivity index (χ2n) is 3.18. The average Bonchev–Trinajstić information content (AvgIpc) is 2.87. The lowest BCUT2D eigenvalue weighted by Crippen LogP contribution is -2.02. The number of aryl methyl sites for hydroxylation is 1. The van der Waals surface area contributed by atoms with Gasteiger partial charge >= 0.3 is 0 Å². The van der Waals surface area contributed by atoms with E-state index in [9.17, 15) is 4.79 Å². The highest BCUT2D eigenvalue weighted by Crippen LogP contribution is 2.18. The van der Waals surface area contributed by atoms with Crippen molar-refractivity contribution in [3.8, 4) is 0 Å². The smallest absolute Gasteiger partial charge is 0.189 e. The van der Waals surface area contributed by atoms with Crippen molar-refractivity contribution in [2.24, 2.45) is 0 Å². The van der Waals surface area contributed by atoms with Gasteiger partial charge in [-0.25, -0.2) is 0 Å². The van der Waals surface area contributed by atoms with Gasteiger partial charge in [-0.05, 0) is 18.6 Å². The minimum absolute atomic E-state index is 0.00764. The zero-order valence-corrected chi connectivity index (χ0v) is 9.17. The summed E-state index contributed by atoms with van der Waals surface area (Å²) in [6.45, 7) is 2.11. The molecule has 0 saturated carbocycles. The number of H-pyrrole nitrogens is 1. The number of Topliss-reactive ketones (excluding diaryl/α,β-unsaturated/α-hetero) is 1. The molecule has 0 aliphatic rings. The standard InChI is InChI=1S/C10H11N3OS/c1-2-7-3-4-8(15-7)5-10(14)9-6-11-13-12-9/h3-4,6H,2,5H2,1H3,(H,11,12,13). The second kappa shape index (κ2) is 4.35. The van der Waals surface area contributed by atoms with E-state index in [1.807, 2.05) is 6.07 Å². The summed E-state index contributed by atoms with van der Waals surface area (Å²) in [5.41, 5.74) is 0.404. The van der Waals surface area contributed by atoms with E-state index < -0.39 is 0 Å². The number of carbonyl (C=O) groups is 1. The summed E-state index contributed by atoms with van der Waals surface area (Å²) in [6, 6.07) is 4.07. The van der Waals surface area contributed by atoms with Crippen LogP contribution in [0.15, 0.2) is 18.3 Å². The number of nitrogens with one attached hydrogen (secondary N) is 1. The minimum Gasteiger partial charge on any atom is -0.292 e. The van der Waals surface area contributed by atoms with Gasteiger partial charge in [0.25, 0.3) is 0 Å². The van der Waals surface area contributed by atoms with Gasteiger partial charge < -0.3 is 0 Å². The van der Waals surface area contributed by atoms with Crippen molar-refractivity contribution < 1.29 is 4.79 Å². The molecule has 0 unspecified atom stereocenters. The quantitative estimate of drug-likeness (QED) is 0.801. The predicted molar refractivity (Wildman–Crippen MR) is 58.1 cm³/mol. The highest BCUT2D eigenvalue weighted by molar-refractivity contribution is 7.12. The zero-order valence-electron chi connectivity index (χ0n) is 8.36. The molecule has 2 heterocycles. The molecule has 5 heteroatoms. The molecule has 0 amide bonds. The van der Waals surface area contributed by atoms with Crippen LogP contribution in [0.3, 0.4) is 0 Å². The van der Waals surface area contributed by atoms with Crippen LogP contribution in [0.4, 0.5) is 0 Å². The van der Waals surface area contributed by atoms with E-state index in [1.54, 1.807) is 11.3 Å². The van der Waals surface area contributed by atoms with E-state index in [0.717, 1.165) is 11.3 Å². The molecule has 0 atom stereocenters. The summed E-state index contributed by atoms with van der Waals surface area (Å²) in [5, 5.41) is 9.81. The molecule has 0 aliphatic heterocycles. The van der Waals surface area contributed by atoms with Crippen molar-refractivity contribution in [3.63, 3.8) is 0 Å². The molecule has 2 aromatic rings. The highest BCUT2D eigenvalue weighted by Gasteiger charge is 2.10. The molecule has 2 rings (SSSR count). The van der Waals surface area contributed by atoms with Crippen LogP contribution in [-0.4, -0.2) is 21.2 Å². The number of hydrogen-bond acceptors (Lipinski definition) is 4. The van der Waals surface area contributed by atoms with Gasteiger partial charge in [-0.2, -0.15) is 15.4 Å². The first-order valence-corrected chi connectivity index (χ1v) is 5.58. The maximum Gasteiger partial charge on any atom is 0.189 e. The number of carbonyl (C=O) groups excluding carboxylic acids is 1. The molecule has 4 nitrogen and oxygen atoms in total. The summed E-state index contributed by atoms with van der Waals surface area (Å²) >= 11 is 1.68. The first-order chi connectivity index (χ1) is 7.29. The molecular formula is C10H11N3OS. The van der Waals surface area contributed by atoms with Gasteiger partial charge in [-0.1, -0.05) is 6.92 Å². The summed E-state index contributed by atoms with van der Waals surface area (Å²) in [7, 11) is 0. The first kappa shape index (κ1) is 10.0. The Bertz CT molecular complexity index is 447. The van der Waals surface area contributed by atoms with E-state index in [-0.39, 0.29) is 5.78 Å². The van der Waals surface area contributed by atoms with Crippen LogP contribution in [0.1, 0.15) is 27.2 Å². The van der Waals surface area contributed by atoms with E-state index in [4.69, 9.17) is 0 Å². The molecule has 0 bridgehead atoms. The number of thiophene rings is 1. The fraction of sp³-hybridized carbons (Fsp3) is 0.300. The van der Waals surface area contributed by atoms with Crippen molar-refractivity contribution in [1.82, 2.24) is 15.4 Å². The Labute approximate surface area is 91.3 Å². The van der Waals surface area contributed by atoms with Crippen molar-refractivity contribution in [3.05, 3.63) is 33.8 Å². The number of aromatic amines is 1. The van der Waals surface area contributed by atoms with Crippen molar-refractivity contribution >= 4 is 17.1 Å². The summed E-state index contributed by atoms with van der Waals surface area (Å²) in [6.07, 6.45) is 2.89. The van der Waals surface area contributed by atoms with E-state index in [2.05, 4.69) is 28.4 Å². The Kier molecular flexibility index (Phi) is 2.91. The molecule has 0 fully saturated rings. The predicted octanol–water partition coefficient (Wildman–Crippen LogP) is 1.85. The fourth-order valence-corrected chi connectivity index (χ4v) is 2.25. The van der Waals surface area contributed by atoms with E-state index >= 15 is 0 Å². The van der Waals surface area contributed by atoms with Crippen LogP contribution < -0.4 is 0 Å². The van der Waals surface area contributed by atoms with Crippen LogP contribution in [-0.2, 0) is 12.8 Å². The lowest BCUT2D eigenvalue weighted by Gasteiger charge is -1.92. The lowest BCUT2D eigenvalue weighted by molar-refractivity contribution is 0.0989. The Balaban J connectivity index is 2.06. The molecule has 0 aromatic carbocycles. The summed E-state index contributed by atoms with van der Waals surface area (Å²) in [4.78, 5) is 14.0. The SMILES string of the molecule is CCc1ccc(CC(=O)c2cn[nH]n2)s1. The normalized spacial score (nSPS) is 10.5. The Morgan fingerprint density at radius 1 is 1.47 bits per heavy atom. The maximum atomic E-state index is 11.7. The number of rotatable bonds is 4. The van der Waals surface area contributed by atoms with E-state index in [1.165, 1.54) is 11.1 Å². The van der Waals surface area contributed by atoms with Crippen LogP contribution >= 0.6 is 11.3 Å². The van der Waals surface area contributed by atoms with Gasteiger partial charge in [0, 0.05) is 16.2 Å². The van der Waals surface area contributed by atoms with Gasteiger partial charge in [-0.3, -0.25) is 4.79 Å². The van der Waals surface area contributed by atoms with Crippen LogP contribution in [0, 0.1) is 0 Å². The Hall–Kier alpha value is -1.49. The zero-order chi connectivity index (χ0) is 10.7. The minimum atomic E-state index is 0.00764. The molecule has 0 saturated heterocycles. The molecule has 0 aliphatic carbocycles. The van der Waals surface area contributed by atoms with Gasteiger partial charge in [0.1, 0.15) is 5.69 Å². The van der Waals surface area contributed by atoms with Crippen LogP contribution in [0.5, 0.6) is 0 Å². The maximum absolute atomic E-state index is 11.7.